The highest BCUT2D eigenvalue weighted by atomic mass is 32.1. The highest BCUT2D eigenvalue weighted by molar-refractivity contribution is 7.14. The molecule has 2 N–H and O–H groups in total. The Bertz CT molecular complexity index is 928. The average molecular weight is 338 g/mol. The fourth-order valence-electron chi connectivity index (χ4n) is 2.42. The quantitative estimate of drug-likeness (QED) is 0.549. The van der Waals surface area contributed by atoms with Gasteiger partial charge in [-0.05, 0) is 48.4 Å². The lowest BCUT2D eigenvalue weighted by Crippen LogP contribution is -2.19. The molecule has 0 fully saturated rings. The number of nitrogens with zero attached hydrogens (tertiary/aromatic N) is 1. The summed E-state index contributed by atoms with van der Waals surface area (Å²) in [6.45, 7) is 3.96. The lowest BCUT2D eigenvalue weighted by molar-refractivity contribution is 0.0952. The fraction of sp³-hybridized carbons (Fsp3) is 0.158. The molecule has 3 rings (SSSR count). The molecule has 0 aliphatic heterocycles. The van der Waals surface area contributed by atoms with E-state index < -0.39 is 5.91 Å². The number of phenols is 1. The molecule has 0 unspecified atom stereocenters. The van der Waals surface area contributed by atoms with Gasteiger partial charge < -0.3 is 5.11 Å². The minimum absolute atomic E-state index is 0.0524. The zero-order valence-electron chi connectivity index (χ0n) is 13.5. The van der Waals surface area contributed by atoms with Crippen LogP contribution in [0.4, 0.5) is 0 Å². The first-order valence-corrected chi connectivity index (χ1v) is 8.55. The predicted molar refractivity (Wildman–Crippen MR) is 99.0 cm³/mol. The van der Waals surface area contributed by atoms with Crippen LogP contribution in [0.2, 0.25) is 0 Å². The third kappa shape index (κ3) is 3.31. The Morgan fingerprint density at radius 3 is 2.54 bits per heavy atom. The highest BCUT2D eigenvalue weighted by Gasteiger charge is 2.12. The van der Waals surface area contributed by atoms with Crippen LogP contribution in [-0.4, -0.2) is 16.7 Å². The number of carbonyl (C=O) groups excluding carboxylic acids is 1. The minimum atomic E-state index is -0.426. The largest absolute Gasteiger partial charge is 0.507 e. The first-order valence-electron chi connectivity index (χ1n) is 7.74. The van der Waals surface area contributed by atoms with Gasteiger partial charge >= 0.3 is 0 Å². The van der Waals surface area contributed by atoms with Crippen molar-refractivity contribution in [2.45, 2.75) is 20.3 Å². The van der Waals surface area contributed by atoms with E-state index in [0.717, 1.165) is 27.8 Å². The van der Waals surface area contributed by atoms with Crippen molar-refractivity contribution < 1.29 is 9.90 Å². The molecule has 1 heterocycles. The van der Waals surface area contributed by atoms with Crippen LogP contribution in [0, 0.1) is 0 Å². The number of aromatic hydroxyl groups is 1. The number of hydrazone groups is 1. The highest BCUT2D eigenvalue weighted by Crippen LogP contribution is 2.25. The molecule has 0 aliphatic carbocycles. The second-order valence-electron chi connectivity index (χ2n) is 5.47. The Kier molecular flexibility index (Phi) is 4.62. The van der Waals surface area contributed by atoms with Crippen LogP contribution in [0.25, 0.3) is 10.8 Å². The number of thiophene rings is 1. The van der Waals surface area contributed by atoms with Gasteiger partial charge in [-0.3, -0.25) is 4.79 Å². The van der Waals surface area contributed by atoms with Gasteiger partial charge in [-0.2, -0.15) is 5.10 Å². The van der Waals surface area contributed by atoms with Crippen molar-refractivity contribution in [1.29, 1.82) is 0 Å². The maximum absolute atomic E-state index is 12.3. The molecule has 122 valence electrons. The molecule has 2 aromatic carbocycles. The van der Waals surface area contributed by atoms with E-state index in [1.807, 2.05) is 37.3 Å². The fourth-order valence-corrected chi connectivity index (χ4v) is 3.31. The molecule has 1 aromatic heterocycles. The molecule has 0 radical (unpaired) electrons. The zero-order chi connectivity index (χ0) is 17.1. The number of aryl methyl sites for hydroxylation is 1. The molecule has 0 aliphatic rings. The van der Waals surface area contributed by atoms with Crippen molar-refractivity contribution in [2.75, 3.05) is 0 Å². The number of rotatable bonds is 4. The second-order valence-corrected chi connectivity index (χ2v) is 6.64. The molecule has 3 aromatic rings. The SMILES string of the molecule is CCc1ccc(C(C)=NNC(=O)c2cc3ccccc3cc2O)s1. The number of amides is 1. The van der Waals surface area contributed by atoms with Crippen molar-refractivity contribution in [3.05, 3.63) is 63.8 Å². The van der Waals surface area contributed by atoms with Crippen molar-refractivity contribution in [3.8, 4) is 5.75 Å². The molecule has 1 amide bonds. The van der Waals surface area contributed by atoms with Crippen LogP contribution in [0.3, 0.4) is 0 Å². The molecule has 0 saturated heterocycles. The lowest BCUT2D eigenvalue weighted by atomic mass is 10.1. The van der Waals surface area contributed by atoms with E-state index in [0.29, 0.717) is 0 Å². The van der Waals surface area contributed by atoms with E-state index in [1.54, 1.807) is 23.5 Å². The maximum Gasteiger partial charge on any atom is 0.275 e. The van der Waals surface area contributed by atoms with E-state index in [9.17, 15) is 9.90 Å². The average Bonchev–Trinajstić information content (AvgIpc) is 3.08. The van der Waals surface area contributed by atoms with Crippen molar-refractivity contribution in [3.63, 3.8) is 0 Å². The lowest BCUT2D eigenvalue weighted by Gasteiger charge is -2.06. The smallest absolute Gasteiger partial charge is 0.275 e. The summed E-state index contributed by atoms with van der Waals surface area (Å²) in [5.41, 5.74) is 3.48. The normalized spacial score (nSPS) is 11.7. The maximum atomic E-state index is 12.3. The monoisotopic (exact) mass is 338 g/mol. The molecule has 4 nitrogen and oxygen atoms in total. The van der Waals surface area contributed by atoms with Gasteiger partial charge in [-0.1, -0.05) is 31.2 Å². The number of carbonyl (C=O) groups is 1. The van der Waals surface area contributed by atoms with Gasteiger partial charge in [0.2, 0.25) is 0 Å². The Balaban J connectivity index is 1.81. The second kappa shape index (κ2) is 6.84. The van der Waals surface area contributed by atoms with Gasteiger partial charge in [0.15, 0.2) is 0 Å². The first-order chi connectivity index (χ1) is 11.6. The Morgan fingerprint density at radius 1 is 1.17 bits per heavy atom. The van der Waals surface area contributed by atoms with E-state index in [4.69, 9.17) is 0 Å². The van der Waals surface area contributed by atoms with E-state index in [-0.39, 0.29) is 11.3 Å². The number of hydrogen-bond donors (Lipinski definition) is 2. The molecule has 0 bridgehead atoms. The van der Waals surface area contributed by atoms with Crippen molar-refractivity contribution in [2.24, 2.45) is 5.10 Å². The van der Waals surface area contributed by atoms with Crippen LogP contribution in [0.15, 0.2) is 53.6 Å². The molecule has 24 heavy (non-hydrogen) atoms. The van der Waals surface area contributed by atoms with Gasteiger partial charge in [-0.15, -0.1) is 11.3 Å². The van der Waals surface area contributed by atoms with Crippen molar-refractivity contribution >= 4 is 33.7 Å². The summed E-state index contributed by atoms with van der Waals surface area (Å²) in [4.78, 5) is 14.6. The van der Waals surface area contributed by atoms with Crippen LogP contribution in [-0.2, 0) is 6.42 Å². The molecular weight excluding hydrogens is 320 g/mol. The van der Waals surface area contributed by atoms with Gasteiger partial charge in [0.1, 0.15) is 5.75 Å². The standard InChI is InChI=1S/C19H18N2O2S/c1-3-15-8-9-18(24-15)12(2)20-21-19(23)16-10-13-6-4-5-7-14(13)11-17(16)22/h4-11,22H,3H2,1-2H3,(H,21,23). The number of hydrogen-bond acceptors (Lipinski definition) is 4. The Hall–Kier alpha value is -2.66. The third-order valence-corrected chi connectivity index (χ3v) is 5.14. The predicted octanol–water partition coefficient (Wildman–Crippen LogP) is 4.32. The summed E-state index contributed by atoms with van der Waals surface area (Å²) in [6.07, 6.45) is 0.981. The number of fused-ring (bicyclic) bond motifs is 1. The van der Waals surface area contributed by atoms with Crippen LogP contribution in [0.5, 0.6) is 5.75 Å². The molecule has 0 spiro atoms. The molecule has 0 atom stereocenters. The minimum Gasteiger partial charge on any atom is -0.507 e. The first kappa shape index (κ1) is 16.2. The topological polar surface area (TPSA) is 61.7 Å². The Morgan fingerprint density at radius 2 is 1.88 bits per heavy atom. The van der Waals surface area contributed by atoms with Crippen LogP contribution in [0.1, 0.15) is 34.0 Å². The van der Waals surface area contributed by atoms with Gasteiger partial charge in [0, 0.05) is 4.88 Å². The summed E-state index contributed by atoms with van der Waals surface area (Å²) in [5, 5.41) is 16.0. The summed E-state index contributed by atoms with van der Waals surface area (Å²) >= 11 is 1.66. The molecule has 0 saturated carbocycles. The van der Waals surface area contributed by atoms with Crippen LogP contribution >= 0.6 is 11.3 Å². The van der Waals surface area contributed by atoms with E-state index in [1.165, 1.54) is 4.88 Å². The third-order valence-electron chi connectivity index (χ3n) is 3.80. The summed E-state index contributed by atoms with van der Waals surface area (Å²) in [7, 11) is 0. The number of benzene rings is 2. The van der Waals surface area contributed by atoms with Crippen molar-refractivity contribution in [1.82, 2.24) is 5.43 Å². The summed E-state index contributed by atoms with van der Waals surface area (Å²) in [5.74, 6) is -0.478. The van der Waals surface area contributed by atoms with Crippen LogP contribution < -0.4 is 5.43 Å². The molecule has 5 heteroatoms. The van der Waals surface area contributed by atoms with E-state index in [2.05, 4.69) is 23.5 Å². The number of phenolic OH excluding ortho intramolecular Hbond substituents is 1. The van der Waals surface area contributed by atoms with Gasteiger partial charge in [0.25, 0.3) is 5.91 Å². The number of nitrogens with one attached hydrogen (secondary N) is 1. The molecular formula is C19H18N2O2S. The summed E-state index contributed by atoms with van der Waals surface area (Å²) < 4.78 is 0. The zero-order valence-corrected chi connectivity index (χ0v) is 14.4. The summed E-state index contributed by atoms with van der Waals surface area (Å²) in [6, 6.07) is 14.9. The Labute approximate surface area is 144 Å². The van der Waals surface area contributed by atoms with Gasteiger partial charge in [0.05, 0.1) is 16.2 Å². The van der Waals surface area contributed by atoms with E-state index >= 15 is 0 Å². The van der Waals surface area contributed by atoms with Gasteiger partial charge in [-0.25, -0.2) is 5.43 Å².